The SMILES string of the molecule is Cc1cccc(-c2[nH]c(CNCc3cccc(C)c3-c3ccccc3)nc2-c2ccc3ncnn3c2)n1. The molecule has 2 N–H and O–H groups in total. The predicted molar refractivity (Wildman–Crippen MR) is 146 cm³/mol. The summed E-state index contributed by atoms with van der Waals surface area (Å²) in [5.41, 5.74) is 10.3. The van der Waals surface area contributed by atoms with Gasteiger partial charge in [-0.2, -0.15) is 5.10 Å². The molecule has 7 nitrogen and oxygen atoms in total. The van der Waals surface area contributed by atoms with Crippen LogP contribution in [0.2, 0.25) is 0 Å². The first-order valence-corrected chi connectivity index (χ1v) is 12.3. The minimum absolute atomic E-state index is 0.590. The zero-order chi connectivity index (χ0) is 25.2. The molecule has 0 saturated carbocycles. The summed E-state index contributed by atoms with van der Waals surface area (Å²) in [7, 11) is 0. The van der Waals surface area contributed by atoms with Gasteiger partial charge in [0.15, 0.2) is 5.65 Å². The number of fused-ring (bicyclic) bond motifs is 1. The van der Waals surface area contributed by atoms with Crippen LogP contribution in [-0.4, -0.2) is 29.5 Å². The molecule has 4 aromatic heterocycles. The lowest BCUT2D eigenvalue weighted by Crippen LogP contribution is -2.14. The lowest BCUT2D eigenvalue weighted by Gasteiger charge is -2.13. The Hall–Kier alpha value is -4.62. The molecule has 0 atom stereocenters. The van der Waals surface area contributed by atoms with Gasteiger partial charge in [-0.15, -0.1) is 0 Å². The molecule has 0 bridgehead atoms. The van der Waals surface area contributed by atoms with Crippen molar-refractivity contribution in [2.45, 2.75) is 26.9 Å². The average Bonchev–Trinajstić information content (AvgIpc) is 3.56. The topological polar surface area (TPSA) is 83.8 Å². The number of nitrogens with zero attached hydrogens (tertiary/aromatic N) is 5. The second-order valence-corrected chi connectivity index (χ2v) is 9.13. The number of benzene rings is 2. The first kappa shape index (κ1) is 22.8. The molecule has 7 heteroatoms. The number of hydrogen-bond donors (Lipinski definition) is 2. The highest BCUT2D eigenvalue weighted by molar-refractivity contribution is 5.77. The first-order valence-electron chi connectivity index (χ1n) is 12.3. The van der Waals surface area contributed by atoms with Gasteiger partial charge in [0.2, 0.25) is 0 Å². The molecule has 0 aliphatic heterocycles. The predicted octanol–water partition coefficient (Wildman–Crippen LogP) is 5.76. The zero-order valence-corrected chi connectivity index (χ0v) is 20.8. The summed E-state index contributed by atoms with van der Waals surface area (Å²) >= 11 is 0. The molecular weight excluding hydrogens is 458 g/mol. The molecule has 2 aromatic carbocycles. The van der Waals surface area contributed by atoms with E-state index in [1.54, 1.807) is 10.8 Å². The van der Waals surface area contributed by atoms with Crippen molar-refractivity contribution in [1.29, 1.82) is 0 Å². The van der Waals surface area contributed by atoms with Gasteiger partial charge in [-0.25, -0.2) is 14.5 Å². The molecule has 0 aliphatic rings. The fourth-order valence-corrected chi connectivity index (χ4v) is 4.75. The summed E-state index contributed by atoms with van der Waals surface area (Å²) in [6.07, 6.45) is 3.50. The van der Waals surface area contributed by atoms with Crippen LogP contribution >= 0.6 is 0 Å². The Labute approximate surface area is 215 Å². The third-order valence-corrected chi connectivity index (χ3v) is 6.47. The van der Waals surface area contributed by atoms with Crippen molar-refractivity contribution >= 4 is 5.65 Å². The van der Waals surface area contributed by atoms with E-state index in [9.17, 15) is 0 Å². The van der Waals surface area contributed by atoms with E-state index in [-0.39, 0.29) is 0 Å². The van der Waals surface area contributed by atoms with E-state index >= 15 is 0 Å². The summed E-state index contributed by atoms with van der Waals surface area (Å²) < 4.78 is 1.76. The fourth-order valence-electron chi connectivity index (χ4n) is 4.75. The third-order valence-electron chi connectivity index (χ3n) is 6.47. The van der Waals surface area contributed by atoms with Crippen molar-refractivity contribution in [3.63, 3.8) is 0 Å². The van der Waals surface area contributed by atoms with Crippen LogP contribution in [0.3, 0.4) is 0 Å². The highest BCUT2D eigenvalue weighted by atomic mass is 15.3. The molecule has 6 rings (SSSR count). The Morgan fingerprint density at radius 1 is 0.811 bits per heavy atom. The van der Waals surface area contributed by atoms with Crippen molar-refractivity contribution in [2.24, 2.45) is 0 Å². The smallest absolute Gasteiger partial charge is 0.155 e. The largest absolute Gasteiger partial charge is 0.339 e. The van der Waals surface area contributed by atoms with Crippen molar-refractivity contribution in [3.05, 3.63) is 114 Å². The Morgan fingerprint density at radius 3 is 2.54 bits per heavy atom. The van der Waals surface area contributed by atoms with E-state index < -0.39 is 0 Å². The van der Waals surface area contributed by atoms with Crippen molar-refractivity contribution in [3.8, 4) is 33.8 Å². The Morgan fingerprint density at radius 2 is 1.68 bits per heavy atom. The maximum Gasteiger partial charge on any atom is 0.155 e. The highest BCUT2D eigenvalue weighted by Crippen LogP contribution is 2.30. The van der Waals surface area contributed by atoms with Crippen LogP contribution < -0.4 is 5.32 Å². The molecule has 4 heterocycles. The zero-order valence-electron chi connectivity index (χ0n) is 20.8. The monoisotopic (exact) mass is 485 g/mol. The fraction of sp³-hybridized carbons (Fsp3) is 0.133. The molecule has 0 spiro atoms. The number of aromatic amines is 1. The summed E-state index contributed by atoms with van der Waals surface area (Å²) in [6, 6.07) is 27.0. The molecular formula is C30H27N7. The standard InChI is InChI=1S/C30H27N7/c1-20-8-6-12-23(28(20)22-10-4-3-5-11-22)16-31-17-26-35-29(24-14-15-27-32-19-33-37(27)18-24)30(36-26)25-13-7-9-21(2)34-25/h3-15,18-19,31H,16-17H2,1-2H3,(H,35,36). The van der Waals surface area contributed by atoms with E-state index in [0.717, 1.165) is 46.4 Å². The Balaban J connectivity index is 1.30. The molecule has 0 aliphatic carbocycles. The maximum absolute atomic E-state index is 4.99. The summed E-state index contributed by atoms with van der Waals surface area (Å²) in [5, 5.41) is 7.89. The highest BCUT2D eigenvalue weighted by Gasteiger charge is 2.17. The molecule has 0 amide bonds. The lowest BCUT2D eigenvalue weighted by molar-refractivity contribution is 0.670. The van der Waals surface area contributed by atoms with Crippen LogP contribution in [0.4, 0.5) is 0 Å². The van der Waals surface area contributed by atoms with Crippen LogP contribution in [0, 0.1) is 13.8 Å². The molecule has 0 unspecified atom stereocenters. The normalized spacial score (nSPS) is 11.3. The number of nitrogens with one attached hydrogen (secondary N) is 2. The molecule has 0 saturated heterocycles. The van der Waals surface area contributed by atoms with Gasteiger partial charge < -0.3 is 10.3 Å². The van der Waals surface area contributed by atoms with Crippen LogP contribution in [-0.2, 0) is 13.1 Å². The number of H-pyrrole nitrogens is 1. The van der Waals surface area contributed by atoms with E-state index in [4.69, 9.17) is 9.97 Å². The minimum atomic E-state index is 0.590. The molecule has 0 fully saturated rings. The van der Waals surface area contributed by atoms with E-state index in [2.05, 4.69) is 75.8 Å². The summed E-state index contributed by atoms with van der Waals surface area (Å²) in [5.74, 6) is 0.848. The van der Waals surface area contributed by atoms with Gasteiger partial charge in [0, 0.05) is 24.0 Å². The molecule has 0 radical (unpaired) electrons. The van der Waals surface area contributed by atoms with Gasteiger partial charge in [-0.1, -0.05) is 54.6 Å². The molecule has 182 valence electrons. The van der Waals surface area contributed by atoms with Gasteiger partial charge in [0.05, 0.1) is 23.6 Å². The second kappa shape index (κ2) is 9.79. The number of imidazole rings is 1. The Bertz CT molecular complexity index is 1680. The number of aryl methyl sites for hydroxylation is 2. The number of hydrogen-bond acceptors (Lipinski definition) is 5. The number of aromatic nitrogens is 6. The molecule has 37 heavy (non-hydrogen) atoms. The second-order valence-electron chi connectivity index (χ2n) is 9.13. The third kappa shape index (κ3) is 4.64. The first-order chi connectivity index (χ1) is 18.2. The number of pyridine rings is 2. The Kier molecular flexibility index (Phi) is 6.04. The van der Waals surface area contributed by atoms with Gasteiger partial charge in [0.25, 0.3) is 0 Å². The van der Waals surface area contributed by atoms with Crippen LogP contribution in [0.5, 0.6) is 0 Å². The van der Waals surface area contributed by atoms with E-state index in [0.29, 0.717) is 6.54 Å². The van der Waals surface area contributed by atoms with Gasteiger partial charge >= 0.3 is 0 Å². The van der Waals surface area contributed by atoms with Gasteiger partial charge in [-0.3, -0.25) is 4.98 Å². The van der Waals surface area contributed by atoms with Crippen molar-refractivity contribution in [2.75, 3.05) is 0 Å². The van der Waals surface area contributed by atoms with Crippen molar-refractivity contribution in [1.82, 2.24) is 34.9 Å². The van der Waals surface area contributed by atoms with E-state index in [1.165, 1.54) is 22.3 Å². The minimum Gasteiger partial charge on any atom is -0.339 e. The number of rotatable bonds is 7. The summed E-state index contributed by atoms with van der Waals surface area (Å²) in [4.78, 5) is 17.5. The van der Waals surface area contributed by atoms with Gasteiger partial charge in [0.1, 0.15) is 12.2 Å². The molecule has 6 aromatic rings. The summed E-state index contributed by atoms with van der Waals surface area (Å²) in [6.45, 7) is 5.48. The van der Waals surface area contributed by atoms with Crippen LogP contribution in [0.25, 0.3) is 39.4 Å². The van der Waals surface area contributed by atoms with E-state index in [1.807, 2.05) is 43.5 Å². The van der Waals surface area contributed by atoms with Crippen molar-refractivity contribution < 1.29 is 0 Å². The van der Waals surface area contributed by atoms with Crippen LogP contribution in [0.1, 0.15) is 22.6 Å². The maximum atomic E-state index is 4.99. The average molecular weight is 486 g/mol. The van der Waals surface area contributed by atoms with Crippen LogP contribution in [0.15, 0.2) is 91.4 Å². The lowest BCUT2D eigenvalue weighted by atomic mass is 9.95. The quantitative estimate of drug-likeness (QED) is 0.301. The van der Waals surface area contributed by atoms with Gasteiger partial charge in [-0.05, 0) is 60.4 Å².